The zero-order chi connectivity index (χ0) is 19.1. The molecule has 0 radical (unpaired) electrons. The lowest BCUT2D eigenvalue weighted by molar-refractivity contribution is 0.0691. The Balaban J connectivity index is 0.00000225. The number of hydrogen-bond acceptors (Lipinski definition) is 6. The van der Waals surface area contributed by atoms with Crippen molar-refractivity contribution in [2.24, 2.45) is 0 Å². The van der Waals surface area contributed by atoms with Gasteiger partial charge in [-0.05, 0) is 31.7 Å². The molecule has 0 unspecified atom stereocenters. The highest BCUT2D eigenvalue weighted by atomic mass is 35.5. The number of carboxylic acids is 1. The number of benzene rings is 1. The molecule has 9 heteroatoms. The molecule has 8 nitrogen and oxygen atoms in total. The van der Waals surface area contributed by atoms with Crippen LogP contribution in [0.25, 0.3) is 11.3 Å². The van der Waals surface area contributed by atoms with Crippen LogP contribution in [0.4, 0.5) is 11.4 Å². The molecular formula is C19H23ClN4O4. The molecule has 2 aliphatic heterocycles. The number of aromatic hydroxyl groups is 1. The molecule has 2 aliphatic rings. The topological polar surface area (TPSA) is 109 Å². The predicted molar refractivity (Wildman–Crippen MR) is 110 cm³/mol. The number of piperazine rings is 1. The quantitative estimate of drug-likeness (QED) is 0.599. The van der Waals surface area contributed by atoms with E-state index in [9.17, 15) is 19.8 Å². The first kappa shape index (κ1) is 20.0. The summed E-state index contributed by atoms with van der Waals surface area (Å²) in [6.07, 6.45) is 0.413. The molecule has 3 heterocycles. The molecule has 1 aromatic heterocycles. The van der Waals surface area contributed by atoms with E-state index >= 15 is 0 Å². The summed E-state index contributed by atoms with van der Waals surface area (Å²) in [4.78, 5) is 30.8. The first-order valence-corrected chi connectivity index (χ1v) is 8.99. The van der Waals surface area contributed by atoms with E-state index in [2.05, 4.69) is 33.2 Å². The summed E-state index contributed by atoms with van der Waals surface area (Å²) in [6.45, 7) is 4.45. The van der Waals surface area contributed by atoms with Gasteiger partial charge in [-0.15, -0.1) is 12.4 Å². The molecule has 0 amide bonds. The zero-order valence-corrected chi connectivity index (χ0v) is 16.3. The fourth-order valence-corrected chi connectivity index (χ4v) is 3.78. The second kappa shape index (κ2) is 7.73. The molecule has 28 heavy (non-hydrogen) atoms. The maximum atomic E-state index is 12.2. The van der Waals surface area contributed by atoms with Gasteiger partial charge in [0.1, 0.15) is 5.75 Å². The van der Waals surface area contributed by atoms with Gasteiger partial charge in [-0.25, -0.2) is 4.79 Å². The Morgan fingerprint density at radius 1 is 1.18 bits per heavy atom. The number of aromatic amines is 1. The van der Waals surface area contributed by atoms with E-state index in [1.54, 1.807) is 0 Å². The van der Waals surface area contributed by atoms with Crippen molar-refractivity contribution in [3.05, 3.63) is 39.7 Å². The van der Waals surface area contributed by atoms with Crippen LogP contribution in [0.5, 0.6) is 5.75 Å². The van der Waals surface area contributed by atoms with Crippen LogP contribution in [0.3, 0.4) is 0 Å². The second-order valence-corrected chi connectivity index (χ2v) is 7.03. The summed E-state index contributed by atoms with van der Waals surface area (Å²) in [5.74, 6) is -1.88. The average molecular weight is 407 g/mol. The molecule has 4 N–H and O–H groups in total. The maximum Gasteiger partial charge on any atom is 0.345 e. The SMILES string of the molecule is CN1CCN(c2ccc3c(c2)NCCc2c-3[nH]c(=O)c(C(=O)O)c2O)CC1.Cl. The number of pyridine rings is 1. The smallest absolute Gasteiger partial charge is 0.345 e. The fourth-order valence-electron chi connectivity index (χ4n) is 3.78. The van der Waals surface area contributed by atoms with Gasteiger partial charge < -0.3 is 30.3 Å². The highest BCUT2D eigenvalue weighted by molar-refractivity contribution is 5.93. The van der Waals surface area contributed by atoms with Gasteiger partial charge in [0.15, 0.2) is 5.56 Å². The normalized spacial score (nSPS) is 16.2. The number of nitrogens with one attached hydrogen (secondary N) is 2. The van der Waals surface area contributed by atoms with E-state index in [1.807, 2.05) is 12.1 Å². The Morgan fingerprint density at radius 2 is 1.89 bits per heavy atom. The molecule has 150 valence electrons. The minimum absolute atomic E-state index is 0. The zero-order valence-electron chi connectivity index (χ0n) is 15.5. The van der Waals surface area contributed by atoms with Crippen molar-refractivity contribution < 1.29 is 15.0 Å². The molecule has 1 saturated heterocycles. The Bertz CT molecular complexity index is 967. The summed E-state index contributed by atoms with van der Waals surface area (Å²) in [5, 5.41) is 22.9. The monoisotopic (exact) mass is 406 g/mol. The number of halogens is 1. The Kier molecular flexibility index (Phi) is 5.53. The van der Waals surface area contributed by atoms with Crippen LogP contribution in [0.1, 0.15) is 15.9 Å². The largest absolute Gasteiger partial charge is 0.506 e. The Morgan fingerprint density at radius 3 is 2.57 bits per heavy atom. The molecule has 2 aromatic rings. The van der Waals surface area contributed by atoms with Crippen LogP contribution in [0, 0.1) is 0 Å². The lowest BCUT2D eigenvalue weighted by Gasteiger charge is -2.34. The van der Waals surface area contributed by atoms with E-state index in [1.165, 1.54) is 0 Å². The van der Waals surface area contributed by atoms with E-state index in [0.717, 1.165) is 43.1 Å². The summed E-state index contributed by atoms with van der Waals surface area (Å²) in [5.41, 5.74) is 2.25. The van der Waals surface area contributed by atoms with Gasteiger partial charge in [0.25, 0.3) is 5.56 Å². The average Bonchev–Trinajstić information content (AvgIpc) is 2.81. The number of likely N-dealkylation sites (N-methyl/N-ethyl adjacent to an activating group) is 1. The summed E-state index contributed by atoms with van der Waals surface area (Å²) in [7, 11) is 2.11. The van der Waals surface area contributed by atoms with Gasteiger partial charge in [0.05, 0.1) is 5.69 Å². The number of aromatic carboxylic acids is 1. The highest BCUT2D eigenvalue weighted by Gasteiger charge is 2.26. The number of carboxylic acid groups (broad SMARTS) is 1. The molecule has 0 bridgehead atoms. The lowest BCUT2D eigenvalue weighted by Crippen LogP contribution is -2.44. The van der Waals surface area contributed by atoms with Crippen molar-refractivity contribution in [1.29, 1.82) is 0 Å². The van der Waals surface area contributed by atoms with Crippen molar-refractivity contribution in [3.8, 4) is 17.0 Å². The van der Waals surface area contributed by atoms with Gasteiger partial charge in [-0.3, -0.25) is 4.79 Å². The fraction of sp³-hybridized carbons (Fsp3) is 0.368. The van der Waals surface area contributed by atoms with Crippen molar-refractivity contribution >= 4 is 29.8 Å². The van der Waals surface area contributed by atoms with Gasteiger partial charge >= 0.3 is 5.97 Å². The number of anilines is 2. The third-order valence-electron chi connectivity index (χ3n) is 5.34. The minimum Gasteiger partial charge on any atom is -0.506 e. The van der Waals surface area contributed by atoms with Gasteiger partial charge in [-0.2, -0.15) is 0 Å². The van der Waals surface area contributed by atoms with E-state index < -0.39 is 22.8 Å². The molecular weight excluding hydrogens is 384 g/mol. The van der Waals surface area contributed by atoms with Gasteiger partial charge in [0.2, 0.25) is 0 Å². The van der Waals surface area contributed by atoms with Gasteiger partial charge in [0, 0.05) is 55.2 Å². The van der Waals surface area contributed by atoms with Crippen LogP contribution in [0.15, 0.2) is 23.0 Å². The van der Waals surface area contributed by atoms with Crippen LogP contribution in [-0.4, -0.2) is 65.8 Å². The first-order chi connectivity index (χ1) is 13.0. The molecule has 1 fully saturated rings. The van der Waals surface area contributed by atoms with E-state index in [-0.39, 0.29) is 12.4 Å². The number of nitrogens with zero attached hydrogens (tertiary/aromatic N) is 2. The van der Waals surface area contributed by atoms with E-state index in [0.29, 0.717) is 24.2 Å². The number of rotatable bonds is 2. The molecule has 4 rings (SSSR count). The van der Waals surface area contributed by atoms with Crippen LogP contribution >= 0.6 is 12.4 Å². The summed E-state index contributed by atoms with van der Waals surface area (Å²) in [6, 6.07) is 5.97. The number of hydrogen-bond donors (Lipinski definition) is 4. The molecule has 0 saturated carbocycles. The van der Waals surface area contributed by atoms with Crippen molar-refractivity contribution in [2.45, 2.75) is 6.42 Å². The van der Waals surface area contributed by atoms with Crippen LogP contribution < -0.4 is 15.8 Å². The lowest BCUT2D eigenvalue weighted by atomic mass is 10.00. The Hall–Kier alpha value is -2.71. The van der Waals surface area contributed by atoms with Crippen LogP contribution in [0.2, 0.25) is 0 Å². The highest BCUT2D eigenvalue weighted by Crippen LogP contribution is 2.38. The maximum absolute atomic E-state index is 12.2. The third-order valence-corrected chi connectivity index (χ3v) is 5.34. The predicted octanol–water partition coefficient (Wildman–Crippen LogP) is 1.59. The van der Waals surface area contributed by atoms with Crippen LogP contribution in [-0.2, 0) is 6.42 Å². The molecule has 1 aromatic carbocycles. The van der Waals surface area contributed by atoms with Crippen molar-refractivity contribution in [2.75, 3.05) is 50.0 Å². The van der Waals surface area contributed by atoms with Crippen molar-refractivity contribution in [1.82, 2.24) is 9.88 Å². The number of carbonyl (C=O) groups is 1. The number of H-pyrrole nitrogens is 1. The number of fused-ring (bicyclic) bond motifs is 3. The summed E-state index contributed by atoms with van der Waals surface area (Å²) >= 11 is 0. The minimum atomic E-state index is -1.43. The number of aromatic nitrogens is 1. The standard InChI is InChI=1S/C19H22N4O4.ClH/c1-22-6-8-23(9-7-22)11-2-3-12-14(10-11)20-5-4-13-16(12)21-18(25)15(17(13)24)19(26)27;/h2-3,10,20H,4-9H2,1H3,(H,26,27)(H2,21,24,25);1H. The first-order valence-electron chi connectivity index (χ1n) is 8.99. The molecule has 0 aliphatic carbocycles. The van der Waals surface area contributed by atoms with Crippen molar-refractivity contribution in [3.63, 3.8) is 0 Å². The third kappa shape index (κ3) is 3.41. The van der Waals surface area contributed by atoms with Gasteiger partial charge in [-0.1, -0.05) is 0 Å². The molecule has 0 atom stereocenters. The second-order valence-electron chi connectivity index (χ2n) is 7.03. The Labute approximate surface area is 168 Å². The van der Waals surface area contributed by atoms with E-state index in [4.69, 9.17) is 0 Å². The summed E-state index contributed by atoms with van der Waals surface area (Å²) < 4.78 is 0. The molecule has 0 spiro atoms.